The van der Waals surface area contributed by atoms with Gasteiger partial charge in [0.05, 0.1) is 10.6 Å². The van der Waals surface area contributed by atoms with Crippen molar-refractivity contribution in [2.24, 2.45) is 0 Å². The number of ether oxygens (including phenoxy) is 1. The van der Waals surface area contributed by atoms with Crippen LogP contribution in [0.1, 0.15) is 17.3 Å². The Morgan fingerprint density at radius 2 is 1.74 bits per heavy atom. The number of carbonyl (C=O) groups is 2. The number of amides is 2. The average molecular weight is 353 g/mol. The molecule has 0 saturated carbocycles. The van der Waals surface area contributed by atoms with E-state index in [4.69, 9.17) is 27.9 Å². The highest BCUT2D eigenvalue weighted by molar-refractivity contribution is 6.36. The summed E-state index contributed by atoms with van der Waals surface area (Å²) < 4.78 is 5.45. The molecule has 0 aliphatic rings. The van der Waals surface area contributed by atoms with Crippen LogP contribution in [0.5, 0.6) is 5.75 Å². The van der Waals surface area contributed by atoms with E-state index in [1.54, 1.807) is 31.2 Å². The second-order valence-electron chi connectivity index (χ2n) is 4.64. The van der Waals surface area contributed by atoms with Crippen LogP contribution < -0.4 is 15.6 Å². The molecule has 0 fully saturated rings. The molecule has 0 aromatic heterocycles. The maximum Gasteiger partial charge on any atom is 0.279 e. The molecule has 2 N–H and O–H groups in total. The van der Waals surface area contributed by atoms with Crippen molar-refractivity contribution >= 4 is 35.0 Å². The molecule has 0 radical (unpaired) electrons. The first-order valence-corrected chi connectivity index (χ1v) is 7.50. The number of hydrazine groups is 1. The number of benzene rings is 2. The van der Waals surface area contributed by atoms with Gasteiger partial charge in [0.25, 0.3) is 11.8 Å². The molecule has 120 valence electrons. The van der Waals surface area contributed by atoms with E-state index in [9.17, 15) is 9.59 Å². The monoisotopic (exact) mass is 352 g/mol. The van der Waals surface area contributed by atoms with E-state index in [1.807, 2.05) is 6.07 Å². The summed E-state index contributed by atoms with van der Waals surface area (Å²) >= 11 is 11.7. The molecule has 2 aromatic carbocycles. The average Bonchev–Trinajstić information content (AvgIpc) is 2.53. The first kappa shape index (κ1) is 17.1. The largest absolute Gasteiger partial charge is 0.481 e. The number of halogens is 2. The highest BCUT2D eigenvalue weighted by Gasteiger charge is 2.17. The second-order valence-corrected chi connectivity index (χ2v) is 5.48. The topological polar surface area (TPSA) is 67.4 Å². The van der Waals surface area contributed by atoms with Crippen molar-refractivity contribution in [2.45, 2.75) is 13.0 Å². The van der Waals surface area contributed by atoms with Gasteiger partial charge in [-0.2, -0.15) is 0 Å². The Morgan fingerprint density at radius 1 is 1.04 bits per heavy atom. The third-order valence-corrected chi connectivity index (χ3v) is 3.45. The maximum atomic E-state index is 12.0. The van der Waals surface area contributed by atoms with Gasteiger partial charge in [-0.25, -0.2) is 0 Å². The molecule has 23 heavy (non-hydrogen) atoms. The van der Waals surface area contributed by atoms with E-state index < -0.39 is 17.9 Å². The second kappa shape index (κ2) is 7.85. The molecule has 0 aliphatic carbocycles. The number of carbonyl (C=O) groups excluding carboxylic acids is 2. The number of hydrogen-bond donors (Lipinski definition) is 2. The Bertz CT molecular complexity index is 708. The zero-order valence-electron chi connectivity index (χ0n) is 12.2. The molecule has 7 heteroatoms. The third kappa shape index (κ3) is 4.87. The molecule has 5 nitrogen and oxygen atoms in total. The molecule has 2 aromatic rings. The molecule has 2 rings (SSSR count). The summed E-state index contributed by atoms with van der Waals surface area (Å²) in [7, 11) is 0. The molecule has 0 saturated heterocycles. The van der Waals surface area contributed by atoms with Crippen LogP contribution in [0.15, 0.2) is 48.5 Å². The molecule has 0 heterocycles. The van der Waals surface area contributed by atoms with Crippen molar-refractivity contribution in [3.8, 4) is 5.75 Å². The van der Waals surface area contributed by atoms with Crippen LogP contribution >= 0.6 is 23.2 Å². The van der Waals surface area contributed by atoms with Crippen LogP contribution in [0.3, 0.4) is 0 Å². The van der Waals surface area contributed by atoms with Crippen LogP contribution in [0.2, 0.25) is 10.0 Å². The lowest BCUT2D eigenvalue weighted by molar-refractivity contribution is -0.128. The van der Waals surface area contributed by atoms with E-state index >= 15 is 0 Å². The number of para-hydroxylation sites is 1. The van der Waals surface area contributed by atoms with E-state index in [0.717, 1.165) is 0 Å². The smallest absolute Gasteiger partial charge is 0.279 e. The summed E-state index contributed by atoms with van der Waals surface area (Å²) in [5, 5.41) is 0.610. The maximum absolute atomic E-state index is 12.0. The summed E-state index contributed by atoms with van der Waals surface area (Å²) in [4.78, 5) is 23.9. The molecule has 1 atom stereocenters. The molecule has 0 bridgehead atoms. The SMILES string of the molecule is CC(Oc1ccccc1)C(=O)NNC(=O)c1ccc(Cl)cc1Cl. The Labute approximate surface area is 143 Å². The minimum Gasteiger partial charge on any atom is -0.481 e. The van der Waals surface area contributed by atoms with Crippen molar-refractivity contribution in [2.75, 3.05) is 0 Å². The Kier molecular flexibility index (Phi) is 5.84. The van der Waals surface area contributed by atoms with Crippen molar-refractivity contribution in [3.63, 3.8) is 0 Å². The molecule has 2 amide bonds. The van der Waals surface area contributed by atoms with E-state index in [2.05, 4.69) is 10.9 Å². The molecule has 1 unspecified atom stereocenters. The quantitative estimate of drug-likeness (QED) is 0.830. The van der Waals surface area contributed by atoms with E-state index in [1.165, 1.54) is 18.2 Å². The fourth-order valence-electron chi connectivity index (χ4n) is 1.72. The van der Waals surface area contributed by atoms with Gasteiger partial charge in [0, 0.05) is 5.02 Å². The number of rotatable bonds is 4. The van der Waals surface area contributed by atoms with Gasteiger partial charge in [-0.1, -0.05) is 41.4 Å². The van der Waals surface area contributed by atoms with E-state index in [0.29, 0.717) is 10.8 Å². The first-order valence-electron chi connectivity index (χ1n) is 6.74. The summed E-state index contributed by atoms with van der Waals surface area (Å²) in [6, 6.07) is 13.3. The minimum atomic E-state index is -0.779. The molecular weight excluding hydrogens is 339 g/mol. The zero-order chi connectivity index (χ0) is 16.8. The Balaban J connectivity index is 1.89. The third-order valence-electron chi connectivity index (χ3n) is 2.90. The van der Waals surface area contributed by atoms with Crippen molar-refractivity contribution < 1.29 is 14.3 Å². The number of hydrogen-bond acceptors (Lipinski definition) is 3. The summed E-state index contributed by atoms with van der Waals surface area (Å²) in [6.45, 7) is 1.57. The fraction of sp³-hybridized carbons (Fsp3) is 0.125. The van der Waals surface area contributed by atoms with Crippen molar-refractivity contribution in [1.82, 2.24) is 10.9 Å². The molecule has 0 aliphatic heterocycles. The van der Waals surface area contributed by atoms with Gasteiger partial charge < -0.3 is 4.74 Å². The Hall–Kier alpha value is -2.24. The van der Waals surface area contributed by atoms with Gasteiger partial charge in [-0.05, 0) is 37.3 Å². The lowest BCUT2D eigenvalue weighted by Gasteiger charge is -2.15. The summed E-state index contributed by atoms with van der Waals surface area (Å²) in [5.74, 6) is -0.485. The standard InChI is InChI=1S/C16H14Cl2N2O3/c1-10(23-12-5-3-2-4-6-12)15(21)19-20-16(22)13-8-7-11(17)9-14(13)18/h2-10H,1H3,(H,19,21)(H,20,22). The van der Waals surface area contributed by atoms with Gasteiger partial charge in [0.1, 0.15) is 5.75 Å². The van der Waals surface area contributed by atoms with E-state index in [-0.39, 0.29) is 10.6 Å². The highest BCUT2D eigenvalue weighted by Crippen LogP contribution is 2.20. The van der Waals surface area contributed by atoms with Crippen LogP contribution in [-0.2, 0) is 4.79 Å². The first-order chi connectivity index (χ1) is 11.0. The predicted octanol–water partition coefficient (Wildman–Crippen LogP) is 3.22. The Morgan fingerprint density at radius 3 is 2.39 bits per heavy atom. The van der Waals surface area contributed by atoms with Gasteiger partial charge in [-0.15, -0.1) is 0 Å². The van der Waals surface area contributed by atoms with Gasteiger partial charge in [0.15, 0.2) is 6.10 Å². The van der Waals surface area contributed by atoms with Crippen LogP contribution in [-0.4, -0.2) is 17.9 Å². The summed E-state index contributed by atoms with van der Waals surface area (Å²) in [5.41, 5.74) is 4.77. The van der Waals surface area contributed by atoms with Crippen LogP contribution in [0.25, 0.3) is 0 Å². The van der Waals surface area contributed by atoms with Crippen LogP contribution in [0.4, 0.5) is 0 Å². The van der Waals surface area contributed by atoms with Gasteiger partial charge >= 0.3 is 0 Å². The summed E-state index contributed by atoms with van der Waals surface area (Å²) in [6.07, 6.45) is -0.779. The van der Waals surface area contributed by atoms with Crippen molar-refractivity contribution in [3.05, 3.63) is 64.1 Å². The highest BCUT2D eigenvalue weighted by atomic mass is 35.5. The molecule has 0 spiro atoms. The minimum absolute atomic E-state index is 0.192. The number of nitrogens with one attached hydrogen (secondary N) is 2. The predicted molar refractivity (Wildman–Crippen MR) is 88.6 cm³/mol. The van der Waals surface area contributed by atoms with Gasteiger partial charge in [-0.3, -0.25) is 20.4 Å². The lowest BCUT2D eigenvalue weighted by atomic mass is 10.2. The zero-order valence-corrected chi connectivity index (χ0v) is 13.7. The lowest BCUT2D eigenvalue weighted by Crippen LogP contribution is -2.47. The van der Waals surface area contributed by atoms with Gasteiger partial charge in [0.2, 0.25) is 0 Å². The normalized spacial score (nSPS) is 11.4. The molecular formula is C16H14Cl2N2O3. The fourth-order valence-corrected chi connectivity index (χ4v) is 2.21. The van der Waals surface area contributed by atoms with Crippen LogP contribution in [0, 0.1) is 0 Å². The van der Waals surface area contributed by atoms with Crippen molar-refractivity contribution in [1.29, 1.82) is 0 Å².